The van der Waals surface area contributed by atoms with Crippen LogP contribution in [-0.4, -0.2) is 21.5 Å². The molecule has 3 aromatic rings. The van der Waals surface area contributed by atoms with Gasteiger partial charge in [0.2, 0.25) is 5.88 Å². The number of nitriles is 1. The summed E-state index contributed by atoms with van der Waals surface area (Å²) in [6.07, 6.45) is 0.715. The van der Waals surface area contributed by atoms with Gasteiger partial charge in [0.15, 0.2) is 5.78 Å². The number of ether oxygens (including phenoxy) is 1. The third-order valence-electron chi connectivity index (χ3n) is 5.49. The molecule has 0 atom stereocenters. The minimum Gasteiger partial charge on any atom is -0.479 e. The summed E-state index contributed by atoms with van der Waals surface area (Å²) in [6.45, 7) is 7.43. The number of Topliss-reactive ketones (excluding diaryl/α,β-unsaturated/α-hetero) is 1. The van der Waals surface area contributed by atoms with E-state index in [9.17, 15) is 19.6 Å². The standard InChI is InChI=1S/C27H29N3O4/c1-5-14-34-25-15-24(32)29(18-23(31)27(2,3)4)26(33)30(25)17-19-10-12-20(13-11-19)22-9-7-6-8-21(22)16-28/h6-13,15H,5,14,17-18H2,1-4H3. The van der Waals surface area contributed by atoms with Gasteiger partial charge in [-0.15, -0.1) is 0 Å². The van der Waals surface area contributed by atoms with E-state index in [2.05, 4.69) is 6.07 Å². The SMILES string of the molecule is CCCOc1cc(=O)n(CC(=O)C(C)(C)C)c(=O)n1Cc1ccc(-c2ccccc2C#N)cc1. The van der Waals surface area contributed by atoms with Gasteiger partial charge in [-0.2, -0.15) is 5.26 Å². The summed E-state index contributed by atoms with van der Waals surface area (Å²) in [5, 5.41) is 9.37. The molecule has 1 aromatic heterocycles. The highest BCUT2D eigenvalue weighted by Gasteiger charge is 2.24. The van der Waals surface area contributed by atoms with Gasteiger partial charge >= 0.3 is 5.69 Å². The fourth-order valence-electron chi connectivity index (χ4n) is 3.40. The van der Waals surface area contributed by atoms with E-state index >= 15 is 0 Å². The van der Waals surface area contributed by atoms with Crippen molar-refractivity contribution >= 4 is 5.78 Å². The lowest BCUT2D eigenvalue weighted by Gasteiger charge is -2.19. The maximum Gasteiger partial charge on any atom is 0.334 e. The minimum atomic E-state index is -0.677. The molecular weight excluding hydrogens is 430 g/mol. The van der Waals surface area contributed by atoms with E-state index in [0.29, 0.717) is 18.6 Å². The molecule has 0 amide bonds. The van der Waals surface area contributed by atoms with Gasteiger partial charge in [0.25, 0.3) is 5.56 Å². The predicted octanol–water partition coefficient (Wildman–Crippen LogP) is 4.00. The van der Waals surface area contributed by atoms with Gasteiger partial charge in [0, 0.05) is 5.41 Å². The van der Waals surface area contributed by atoms with Crippen LogP contribution in [0.15, 0.2) is 64.2 Å². The number of rotatable bonds is 8. The first-order valence-electron chi connectivity index (χ1n) is 11.2. The van der Waals surface area contributed by atoms with Crippen molar-refractivity contribution in [2.45, 2.75) is 47.2 Å². The van der Waals surface area contributed by atoms with Gasteiger partial charge in [-0.05, 0) is 29.2 Å². The first-order valence-corrected chi connectivity index (χ1v) is 11.2. The topological polar surface area (TPSA) is 94.1 Å². The van der Waals surface area contributed by atoms with Gasteiger partial charge in [0.05, 0.1) is 37.4 Å². The Morgan fingerprint density at radius 1 is 1.03 bits per heavy atom. The van der Waals surface area contributed by atoms with Gasteiger partial charge < -0.3 is 4.74 Å². The van der Waals surface area contributed by atoms with Crippen LogP contribution in [0.1, 0.15) is 45.2 Å². The lowest BCUT2D eigenvalue weighted by atomic mass is 9.91. The number of ketones is 1. The molecule has 0 saturated carbocycles. The Hall–Kier alpha value is -3.92. The number of benzene rings is 2. The van der Waals surface area contributed by atoms with Crippen molar-refractivity contribution in [1.82, 2.24) is 9.13 Å². The second-order valence-corrected chi connectivity index (χ2v) is 9.15. The summed E-state index contributed by atoms with van der Waals surface area (Å²) < 4.78 is 8.04. The van der Waals surface area contributed by atoms with Crippen molar-refractivity contribution < 1.29 is 9.53 Å². The van der Waals surface area contributed by atoms with Crippen LogP contribution in [0.25, 0.3) is 11.1 Å². The van der Waals surface area contributed by atoms with Crippen LogP contribution in [0.5, 0.6) is 5.88 Å². The molecule has 0 spiro atoms. The van der Waals surface area contributed by atoms with E-state index in [1.807, 2.05) is 49.4 Å². The number of hydrogen-bond donors (Lipinski definition) is 0. The summed E-state index contributed by atoms with van der Waals surface area (Å²) in [6, 6.07) is 18.3. The number of hydrogen-bond acceptors (Lipinski definition) is 5. The Labute approximate surface area is 198 Å². The molecule has 0 radical (unpaired) electrons. The highest BCUT2D eigenvalue weighted by molar-refractivity contribution is 5.83. The van der Waals surface area contributed by atoms with Crippen molar-refractivity contribution in [2.75, 3.05) is 6.61 Å². The van der Waals surface area contributed by atoms with E-state index in [1.54, 1.807) is 26.8 Å². The van der Waals surface area contributed by atoms with Crippen LogP contribution in [0.2, 0.25) is 0 Å². The van der Waals surface area contributed by atoms with Crippen LogP contribution >= 0.6 is 0 Å². The molecule has 3 rings (SSSR count). The normalized spacial score (nSPS) is 11.1. The highest BCUT2D eigenvalue weighted by Crippen LogP contribution is 2.24. The molecule has 0 aliphatic rings. The quantitative estimate of drug-likeness (QED) is 0.507. The molecule has 2 aromatic carbocycles. The molecule has 0 unspecified atom stereocenters. The lowest BCUT2D eigenvalue weighted by Crippen LogP contribution is -2.43. The zero-order chi connectivity index (χ0) is 24.9. The fraction of sp³-hybridized carbons (Fsp3) is 0.333. The van der Waals surface area contributed by atoms with Crippen LogP contribution in [0.3, 0.4) is 0 Å². The summed E-state index contributed by atoms with van der Waals surface area (Å²) in [4.78, 5) is 38.4. The summed E-state index contributed by atoms with van der Waals surface area (Å²) in [5.41, 5.74) is 1.28. The molecule has 7 nitrogen and oxygen atoms in total. The predicted molar refractivity (Wildman–Crippen MR) is 131 cm³/mol. The van der Waals surface area contributed by atoms with E-state index < -0.39 is 16.7 Å². The molecule has 34 heavy (non-hydrogen) atoms. The number of aromatic nitrogens is 2. The lowest BCUT2D eigenvalue weighted by molar-refractivity contribution is -0.127. The molecule has 1 heterocycles. The molecule has 0 aliphatic carbocycles. The van der Waals surface area contributed by atoms with Gasteiger partial charge in [-0.25, -0.2) is 4.79 Å². The Morgan fingerprint density at radius 2 is 1.71 bits per heavy atom. The van der Waals surface area contributed by atoms with Crippen molar-refractivity contribution in [3.8, 4) is 23.1 Å². The Balaban J connectivity index is 2.00. The van der Waals surface area contributed by atoms with Crippen LogP contribution in [0.4, 0.5) is 0 Å². The van der Waals surface area contributed by atoms with E-state index in [0.717, 1.165) is 21.3 Å². The van der Waals surface area contributed by atoms with Crippen molar-refractivity contribution in [3.05, 3.63) is 86.6 Å². The van der Waals surface area contributed by atoms with Crippen LogP contribution in [0, 0.1) is 16.7 Å². The molecular formula is C27H29N3O4. The molecule has 176 valence electrons. The number of nitrogens with zero attached hydrogens (tertiary/aromatic N) is 3. The zero-order valence-corrected chi connectivity index (χ0v) is 20.0. The number of carbonyl (C=O) groups excluding carboxylic acids is 1. The average molecular weight is 460 g/mol. The second kappa shape index (κ2) is 10.3. The monoisotopic (exact) mass is 459 g/mol. The Bertz CT molecular complexity index is 1340. The second-order valence-electron chi connectivity index (χ2n) is 9.15. The van der Waals surface area contributed by atoms with E-state index in [4.69, 9.17) is 4.74 Å². The fourth-order valence-corrected chi connectivity index (χ4v) is 3.40. The largest absolute Gasteiger partial charge is 0.479 e. The minimum absolute atomic E-state index is 0.169. The zero-order valence-electron chi connectivity index (χ0n) is 20.0. The Kier molecular flexibility index (Phi) is 7.52. The van der Waals surface area contributed by atoms with Gasteiger partial charge in [0.1, 0.15) is 0 Å². The molecule has 0 aliphatic heterocycles. The summed E-state index contributed by atoms with van der Waals surface area (Å²) in [5.74, 6) is -0.0313. The van der Waals surface area contributed by atoms with Crippen molar-refractivity contribution in [1.29, 1.82) is 5.26 Å². The van der Waals surface area contributed by atoms with Crippen LogP contribution < -0.4 is 16.0 Å². The maximum atomic E-state index is 13.3. The molecule has 0 fully saturated rings. The average Bonchev–Trinajstić information content (AvgIpc) is 2.82. The van der Waals surface area contributed by atoms with Crippen LogP contribution in [-0.2, 0) is 17.9 Å². The molecule has 0 saturated heterocycles. The maximum absolute atomic E-state index is 13.3. The van der Waals surface area contributed by atoms with Crippen molar-refractivity contribution in [3.63, 3.8) is 0 Å². The smallest absolute Gasteiger partial charge is 0.334 e. The Morgan fingerprint density at radius 3 is 2.32 bits per heavy atom. The van der Waals surface area contributed by atoms with E-state index in [1.165, 1.54) is 10.6 Å². The van der Waals surface area contributed by atoms with Crippen molar-refractivity contribution in [2.24, 2.45) is 5.41 Å². The van der Waals surface area contributed by atoms with Gasteiger partial charge in [-0.1, -0.05) is 70.2 Å². The van der Waals surface area contributed by atoms with E-state index in [-0.39, 0.29) is 24.8 Å². The first kappa shape index (κ1) is 24.7. The summed E-state index contributed by atoms with van der Waals surface area (Å²) >= 11 is 0. The molecule has 7 heteroatoms. The molecule has 0 bridgehead atoms. The first-order chi connectivity index (χ1) is 16.2. The third kappa shape index (κ3) is 5.52. The van der Waals surface area contributed by atoms with Gasteiger partial charge in [-0.3, -0.25) is 18.7 Å². The summed E-state index contributed by atoms with van der Waals surface area (Å²) in [7, 11) is 0. The highest BCUT2D eigenvalue weighted by atomic mass is 16.5. The molecule has 0 N–H and O–H groups in total. The number of carbonyl (C=O) groups is 1. The third-order valence-corrected chi connectivity index (χ3v) is 5.49.